The highest BCUT2D eigenvalue weighted by atomic mass is 15.3. The number of piperidine rings is 1. The molecule has 0 radical (unpaired) electrons. The third-order valence-corrected chi connectivity index (χ3v) is 8.45. The zero-order valence-electron chi connectivity index (χ0n) is 24.0. The molecule has 208 valence electrons. The lowest BCUT2D eigenvalue weighted by Gasteiger charge is -2.38. The molecule has 0 amide bonds. The Labute approximate surface area is 229 Å². The molecule has 0 unspecified atom stereocenters. The first-order valence-electron chi connectivity index (χ1n) is 14.6. The first kappa shape index (κ1) is 27.1. The minimum atomic E-state index is 0.859. The van der Waals surface area contributed by atoms with Crippen LogP contribution in [0.4, 0.5) is 17.3 Å². The number of fused-ring (bicyclic) bond motifs is 1. The number of benzene rings is 1. The van der Waals surface area contributed by atoms with Crippen LogP contribution >= 0.6 is 0 Å². The number of piperazine rings is 2. The smallest absolute Gasteiger partial charge is 0.172 e. The number of aromatic nitrogens is 2. The van der Waals surface area contributed by atoms with Gasteiger partial charge in [-0.3, -0.25) is 0 Å². The fraction of sp³-hybridized carbons (Fsp3) is 0.690. The van der Waals surface area contributed by atoms with Crippen molar-refractivity contribution in [1.29, 1.82) is 0 Å². The molecule has 3 fully saturated rings. The van der Waals surface area contributed by atoms with Gasteiger partial charge in [-0.15, -0.1) is 0 Å². The van der Waals surface area contributed by atoms with Crippen LogP contribution in [0.15, 0.2) is 23.2 Å². The molecule has 9 nitrogen and oxygen atoms in total. The summed E-state index contributed by atoms with van der Waals surface area (Å²) in [5, 5.41) is 0. The molecule has 3 aliphatic heterocycles. The Bertz CT molecular complexity index is 1060. The lowest BCUT2D eigenvalue weighted by atomic mass is 9.92. The first-order valence-corrected chi connectivity index (χ1v) is 14.6. The zero-order valence-corrected chi connectivity index (χ0v) is 24.0. The van der Waals surface area contributed by atoms with E-state index in [0.717, 1.165) is 99.7 Å². The van der Waals surface area contributed by atoms with E-state index in [-0.39, 0.29) is 0 Å². The number of hydrogen-bond donors (Lipinski definition) is 0. The predicted molar refractivity (Wildman–Crippen MR) is 159 cm³/mol. The van der Waals surface area contributed by atoms with Gasteiger partial charge in [0.2, 0.25) is 0 Å². The Morgan fingerprint density at radius 3 is 1.97 bits per heavy atom. The van der Waals surface area contributed by atoms with Gasteiger partial charge in [0.1, 0.15) is 0 Å². The normalized spacial score (nSPS) is 20.9. The van der Waals surface area contributed by atoms with E-state index in [0.29, 0.717) is 0 Å². The second-order valence-electron chi connectivity index (χ2n) is 11.8. The van der Waals surface area contributed by atoms with Gasteiger partial charge in [-0.1, -0.05) is 0 Å². The van der Waals surface area contributed by atoms with Crippen molar-refractivity contribution in [2.24, 2.45) is 10.9 Å². The van der Waals surface area contributed by atoms with Gasteiger partial charge in [0, 0.05) is 65.4 Å². The van der Waals surface area contributed by atoms with Crippen molar-refractivity contribution in [3.8, 4) is 0 Å². The fourth-order valence-electron chi connectivity index (χ4n) is 5.77. The highest BCUT2D eigenvalue weighted by molar-refractivity contribution is 5.84. The van der Waals surface area contributed by atoms with Crippen LogP contribution in [0.5, 0.6) is 0 Å². The minimum absolute atomic E-state index is 0.859. The van der Waals surface area contributed by atoms with E-state index in [1.54, 1.807) is 0 Å². The van der Waals surface area contributed by atoms with E-state index in [9.17, 15) is 0 Å². The lowest BCUT2D eigenvalue weighted by Crippen LogP contribution is -2.48. The molecule has 0 N–H and O–H groups in total. The van der Waals surface area contributed by atoms with Gasteiger partial charge in [0.25, 0.3) is 0 Å². The Balaban J connectivity index is 1.29. The van der Waals surface area contributed by atoms with Crippen LogP contribution in [0, 0.1) is 5.92 Å². The van der Waals surface area contributed by atoms with E-state index in [1.165, 1.54) is 32.2 Å². The van der Waals surface area contributed by atoms with Crippen molar-refractivity contribution in [3.05, 3.63) is 18.2 Å². The Morgan fingerprint density at radius 2 is 1.39 bits per heavy atom. The molecule has 4 heterocycles. The lowest BCUT2D eigenvalue weighted by molar-refractivity contribution is 0.250. The number of likely N-dealkylation sites (tertiary alicyclic amines) is 1. The Hall–Kier alpha value is -2.49. The summed E-state index contributed by atoms with van der Waals surface area (Å²) in [7, 11) is 8.72. The maximum Gasteiger partial charge on any atom is 0.172 e. The molecule has 38 heavy (non-hydrogen) atoms. The molecule has 0 saturated carbocycles. The molecule has 0 spiro atoms. The molecule has 0 aliphatic carbocycles. The number of anilines is 2. The first-order chi connectivity index (χ1) is 18.4. The summed E-state index contributed by atoms with van der Waals surface area (Å²) in [4.78, 5) is 29.6. The van der Waals surface area contributed by atoms with Gasteiger partial charge in [0.15, 0.2) is 11.6 Å². The molecular weight excluding hydrogens is 474 g/mol. The third-order valence-electron chi connectivity index (χ3n) is 8.45. The Morgan fingerprint density at radius 1 is 0.816 bits per heavy atom. The summed E-state index contributed by atoms with van der Waals surface area (Å²) >= 11 is 0. The molecule has 0 bridgehead atoms. The minimum Gasteiger partial charge on any atom is -0.363 e. The van der Waals surface area contributed by atoms with Crippen molar-refractivity contribution >= 4 is 34.7 Å². The maximum absolute atomic E-state index is 5.22. The summed E-state index contributed by atoms with van der Waals surface area (Å²) in [6, 6.07) is 6.30. The quantitative estimate of drug-likeness (QED) is 0.388. The average molecular weight is 522 g/mol. The van der Waals surface area contributed by atoms with Gasteiger partial charge < -0.3 is 29.4 Å². The third kappa shape index (κ3) is 6.93. The van der Waals surface area contributed by atoms with Crippen LogP contribution in [-0.2, 0) is 0 Å². The van der Waals surface area contributed by atoms with Gasteiger partial charge in [-0.25, -0.2) is 15.0 Å². The monoisotopic (exact) mass is 521 g/mol. The highest BCUT2D eigenvalue weighted by Gasteiger charge is 2.25. The summed E-state index contributed by atoms with van der Waals surface area (Å²) in [5.41, 5.74) is 2.84. The zero-order chi connectivity index (χ0) is 26.5. The molecule has 3 aliphatic rings. The summed E-state index contributed by atoms with van der Waals surface area (Å²) in [6.45, 7) is 11.6. The van der Waals surface area contributed by atoms with Gasteiger partial charge >= 0.3 is 0 Å². The van der Waals surface area contributed by atoms with Crippen molar-refractivity contribution in [3.63, 3.8) is 0 Å². The second-order valence-corrected chi connectivity index (χ2v) is 11.8. The molecule has 3 saturated heterocycles. The van der Waals surface area contributed by atoms with Crippen molar-refractivity contribution in [1.82, 2.24) is 29.6 Å². The highest BCUT2D eigenvalue weighted by Crippen LogP contribution is 2.31. The van der Waals surface area contributed by atoms with Crippen molar-refractivity contribution in [2.75, 3.05) is 110 Å². The van der Waals surface area contributed by atoms with Crippen molar-refractivity contribution in [2.45, 2.75) is 25.7 Å². The second kappa shape index (κ2) is 12.6. The summed E-state index contributed by atoms with van der Waals surface area (Å²) in [5.74, 6) is 2.94. The average Bonchev–Trinajstić information content (AvgIpc) is 2.92. The number of nitrogens with zero attached hydrogens (tertiary/aromatic N) is 9. The SMILES string of the molecule is CN(C)CCCC1CCN(/C=N/c2ccc3nc(N4CCN(C)CC4)c(N4CCN(C)CC4)nc3c2)CC1. The van der Waals surface area contributed by atoms with Crippen molar-refractivity contribution < 1.29 is 0 Å². The predicted octanol–water partition coefficient (Wildman–Crippen LogP) is 2.85. The number of aliphatic imine (C=N–C) groups is 1. The molecule has 9 heteroatoms. The molecule has 1 aromatic carbocycles. The molecule has 5 rings (SSSR count). The molecular formula is C29H47N9. The summed E-state index contributed by atoms with van der Waals surface area (Å²) < 4.78 is 0. The van der Waals surface area contributed by atoms with E-state index < -0.39 is 0 Å². The van der Waals surface area contributed by atoms with Crippen LogP contribution in [0.25, 0.3) is 11.0 Å². The van der Waals surface area contributed by atoms with E-state index in [1.807, 2.05) is 6.34 Å². The van der Waals surface area contributed by atoms with E-state index in [4.69, 9.17) is 15.0 Å². The fourth-order valence-corrected chi connectivity index (χ4v) is 5.77. The van der Waals surface area contributed by atoms with Gasteiger partial charge in [-0.05, 0) is 84.5 Å². The van der Waals surface area contributed by atoms with Crippen LogP contribution in [0.1, 0.15) is 25.7 Å². The maximum atomic E-state index is 5.22. The van der Waals surface area contributed by atoms with Crippen LogP contribution in [-0.4, -0.2) is 136 Å². The number of likely N-dealkylation sites (N-methyl/N-ethyl adjacent to an activating group) is 2. The number of hydrogen-bond acceptors (Lipinski definition) is 8. The van der Waals surface area contributed by atoms with E-state index in [2.05, 4.69) is 75.8 Å². The summed E-state index contributed by atoms with van der Waals surface area (Å²) in [6.07, 6.45) is 7.23. The van der Waals surface area contributed by atoms with Gasteiger partial charge in [-0.2, -0.15) is 0 Å². The molecule has 2 aromatic rings. The largest absolute Gasteiger partial charge is 0.363 e. The topological polar surface area (TPSA) is 57.6 Å². The van der Waals surface area contributed by atoms with Crippen LogP contribution < -0.4 is 9.80 Å². The number of rotatable bonds is 8. The van der Waals surface area contributed by atoms with E-state index >= 15 is 0 Å². The van der Waals surface area contributed by atoms with Gasteiger partial charge in [0.05, 0.1) is 23.1 Å². The van der Waals surface area contributed by atoms with Crippen LogP contribution in [0.2, 0.25) is 0 Å². The molecule has 0 atom stereocenters. The van der Waals surface area contributed by atoms with Crippen LogP contribution in [0.3, 0.4) is 0 Å². The standard InChI is InChI=1S/C29H47N9/c1-33(2)11-5-6-24-9-12-36(13-10-24)23-30-25-7-8-26-27(22-25)32-29(38-20-16-35(4)17-21-38)28(31-26)37-18-14-34(3)15-19-37/h7-8,22-24H,5-6,9-21H2,1-4H3/b30-23+. The Kier molecular flexibility index (Phi) is 8.97. The molecule has 1 aromatic heterocycles.